The highest BCUT2D eigenvalue weighted by Crippen LogP contribution is 2.24. The number of piperidine rings is 1. The van der Waals surface area contributed by atoms with Gasteiger partial charge in [-0.25, -0.2) is 4.79 Å². The fourth-order valence-corrected chi connectivity index (χ4v) is 3.28. The van der Waals surface area contributed by atoms with Crippen LogP contribution in [-0.4, -0.2) is 27.5 Å². The van der Waals surface area contributed by atoms with Crippen molar-refractivity contribution in [2.75, 3.05) is 6.54 Å². The Morgan fingerprint density at radius 3 is 2.88 bits per heavy atom. The molecule has 1 fully saturated rings. The van der Waals surface area contributed by atoms with E-state index in [-0.39, 0.29) is 18.0 Å². The molecule has 7 nitrogen and oxygen atoms in total. The number of fused-ring (bicyclic) bond motifs is 1. The van der Waals surface area contributed by atoms with Crippen LogP contribution in [0.3, 0.4) is 0 Å². The summed E-state index contributed by atoms with van der Waals surface area (Å²) in [6.45, 7) is 1.26. The van der Waals surface area contributed by atoms with Crippen LogP contribution in [0.15, 0.2) is 23.0 Å². The SMILES string of the molecule is C#CCCNCc1cccc2c1n(C)c(=O)n2C1CCC(=O)NC1=O. The molecule has 1 aliphatic rings. The summed E-state index contributed by atoms with van der Waals surface area (Å²) in [6, 6.07) is 4.96. The largest absolute Gasteiger partial charge is 0.329 e. The smallest absolute Gasteiger partial charge is 0.312 e. The van der Waals surface area contributed by atoms with Crippen LogP contribution >= 0.6 is 0 Å². The number of carbonyl (C=O) groups is 2. The number of aryl methyl sites for hydroxylation is 1. The van der Waals surface area contributed by atoms with Gasteiger partial charge in [-0.15, -0.1) is 12.3 Å². The lowest BCUT2D eigenvalue weighted by Crippen LogP contribution is -2.44. The predicted molar refractivity (Wildman–Crippen MR) is 93.8 cm³/mol. The van der Waals surface area contributed by atoms with Gasteiger partial charge in [-0.05, 0) is 18.1 Å². The summed E-state index contributed by atoms with van der Waals surface area (Å²) in [5.41, 5.74) is 2.17. The standard InChI is InChI=1S/C18H20N4O3/c1-3-4-10-19-11-12-6-5-7-13-16(12)21(2)18(25)22(13)14-8-9-15(23)20-17(14)24/h1,5-7,14,19H,4,8-11H2,2H3,(H,20,23,24). The number of amides is 2. The van der Waals surface area contributed by atoms with Crippen molar-refractivity contribution in [3.8, 4) is 12.3 Å². The number of hydrogen-bond acceptors (Lipinski definition) is 4. The highest BCUT2D eigenvalue weighted by atomic mass is 16.2. The summed E-state index contributed by atoms with van der Waals surface area (Å²) < 4.78 is 3.04. The monoisotopic (exact) mass is 340 g/mol. The van der Waals surface area contributed by atoms with Gasteiger partial charge >= 0.3 is 5.69 Å². The fraction of sp³-hybridized carbons (Fsp3) is 0.389. The van der Waals surface area contributed by atoms with E-state index in [9.17, 15) is 14.4 Å². The molecule has 1 aromatic heterocycles. The van der Waals surface area contributed by atoms with Gasteiger partial charge in [0.2, 0.25) is 11.8 Å². The maximum Gasteiger partial charge on any atom is 0.329 e. The third kappa shape index (κ3) is 3.08. The van der Waals surface area contributed by atoms with E-state index in [0.29, 0.717) is 31.4 Å². The zero-order valence-electron chi connectivity index (χ0n) is 14.0. The molecular weight excluding hydrogens is 320 g/mol. The molecule has 2 heterocycles. The van der Waals surface area contributed by atoms with Crippen molar-refractivity contribution in [2.24, 2.45) is 7.05 Å². The van der Waals surface area contributed by atoms with Gasteiger partial charge in [-0.2, -0.15) is 0 Å². The molecule has 1 atom stereocenters. The fourth-order valence-electron chi connectivity index (χ4n) is 3.28. The molecule has 0 bridgehead atoms. The highest BCUT2D eigenvalue weighted by molar-refractivity contribution is 6.00. The van der Waals surface area contributed by atoms with E-state index >= 15 is 0 Å². The molecule has 25 heavy (non-hydrogen) atoms. The molecule has 1 aromatic carbocycles. The Hall–Kier alpha value is -2.85. The Labute approximate surface area is 145 Å². The molecule has 0 radical (unpaired) electrons. The van der Waals surface area contributed by atoms with E-state index in [1.54, 1.807) is 11.6 Å². The molecule has 0 saturated carbocycles. The summed E-state index contributed by atoms with van der Waals surface area (Å²) in [4.78, 5) is 36.3. The lowest BCUT2D eigenvalue weighted by molar-refractivity contribution is -0.135. The van der Waals surface area contributed by atoms with Gasteiger partial charge in [0, 0.05) is 33.0 Å². The van der Waals surface area contributed by atoms with Crippen LogP contribution in [0, 0.1) is 12.3 Å². The minimum absolute atomic E-state index is 0.229. The molecule has 3 rings (SSSR count). The molecule has 0 spiro atoms. The van der Waals surface area contributed by atoms with Gasteiger partial charge in [0.1, 0.15) is 6.04 Å². The number of hydrogen-bond donors (Lipinski definition) is 2. The van der Waals surface area contributed by atoms with Crippen molar-refractivity contribution in [1.29, 1.82) is 0 Å². The summed E-state index contributed by atoms with van der Waals surface area (Å²) >= 11 is 0. The van der Waals surface area contributed by atoms with Crippen molar-refractivity contribution in [1.82, 2.24) is 19.8 Å². The number of terminal acetylenes is 1. The molecule has 0 aliphatic carbocycles. The first-order valence-electron chi connectivity index (χ1n) is 8.21. The number of nitrogens with one attached hydrogen (secondary N) is 2. The quantitative estimate of drug-likeness (QED) is 0.470. The Bertz CT molecular complexity index is 932. The first kappa shape index (κ1) is 17.0. The average Bonchev–Trinajstić information content (AvgIpc) is 2.84. The van der Waals surface area contributed by atoms with Gasteiger partial charge in [0.25, 0.3) is 0 Å². The molecule has 7 heteroatoms. The van der Waals surface area contributed by atoms with Crippen molar-refractivity contribution >= 4 is 22.8 Å². The van der Waals surface area contributed by atoms with Crippen molar-refractivity contribution in [3.05, 3.63) is 34.2 Å². The normalized spacial score (nSPS) is 17.5. The number of rotatable bonds is 5. The van der Waals surface area contributed by atoms with E-state index in [4.69, 9.17) is 6.42 Å². The van der Waals surface area contributed by atoms with Gasteiger partial charge < -0.3 is 5.32 Å². The first-order chi connectivity index (χ1) is 12.0. The van der Waals surface area contributed by atoms with Crippen LogP contribution in [0.2, 0.25) is 0 Å². The Kier molecular flexibility index (Phi) is 4.72. The second-order valence-corrected chi connectivity index (χ2v) is 6.09. The van der Waals surface area contributed by atoms with Crippen molar-refractivity contribution in [3.63, 3.8) is 0 Å². The molecule has 1 saturated heterocycles. The molecule has 1 unspecified atom stereocenters. The number of imidazole rings is 1. The second-order valence-electron chi connectivity index (χ2n) is 6.09. The lowest BCUT2D eigenvalue weighted by Gasteiger charge is -2.22. The number of carbonyl (C=O) groups excluding carboxylic acids is 2. The van der Waals surface area contributed by atoms with E-state index in [1.807, 2.05) is 18.2 Å². The summed E-state index contributed by atoms with van der Waals surface area (Å²) in [6.07, 6.45) is 6.44. The number of imide groups is 1. The molecule has 2 amide bonds. The van der Waals surface area contributed by atoms with Crippen LogP contribution in [-0.2, 0) is 23.2 Å². The second kappa shape index (κ2) is 6.95. The van der Waals surface area contributed by atoms with E-state index < -0.39 is 11.9 Å². The first-order valence-corrected chi connectivity index (χ1v) is 8.21. The van der Waals surface area contributed by atoms with E-state index in [0.717, 1.165) is 11.1 Å². The molecule has 2 N–H and O–H groups in total. The van der Waals surface area contributed by atoms with Crippen LogP contribution in [0.5, 0.6) is 0 Å². The number of aromatic nitrogens is 2. The maximum atomic E-state index is 12.8. The van der Waals surface area contributed by atoms with Crippen LogP contribution in [0.4, 0.5) is 0 Å². The van der Waals surface area contributed by atoms with E-state index in [1.165, 1.54) is 4.57 Å². The molecule has 2 aromatic rings. The minimum Gasteiger partial charge on any atom is -0.312 e. The Morgan fingerprint density at radius 1 is 1.36 bits per heavy atom. The Balaban J connectivity index is 2.02. The predicted octanol–water partition coefficient (Wildman–Crippen LogP) is 0.431. The third-order valence-corrected chi connectivity index (χ3v) is 4.47. The average molecular weight is 340 g/mol. The summed E-state index contributed by atoms with van der Waals surface area (Å²) in [5.74, 6) is 1.85. The molecular formula is C18H20N4O3. The van der Waals surface area contributed by atoms with Gasteiger partial charge in [0.05, 0.1) is 11.0 Å². The molecule has 1 aliphatic heterocycles. The lowest BCUT2D eigenvalue weighted by atomic mass is 10.1. The minimum atomic E-state index is -0.668. The van der Waals surface area contributed by atoms with Crippen molar-refractivity contribution < 1.29 is 9.59 Å². The zero-order chi connectivity index (χ0) is 18.0. The van der Waals surface area contributed by atoms with Gasteiger partial charge in [0.15, 0.2) is 0 Å². The number of nitrogens with zero attached hydrogens (tertiary/aromatic N) is 2. The number of para-hydroxylation sites is 1. The summed E-state index contributed by atoms with van der Waals surface area (Å²) in [5, 5.41) is 5.57. The molecule has 130 valence electrons. The van der Waals surface area contributed by atoms with Crippen molar-refractivity contribution in [2.45, 2.75) is 31.8 Å². The van der Waals surface area contributed by atoms with E-state index in [2.05, 4.69) is 16.6 Å². The van der Waals surface area contributed by atoms with Crippen LogP contribution in [0.1, 0.15) is 30.9 Å². The van der Waals surface area contributed by atoms with Crippen LogP contribution < -0.4 is 16.3 Å². The van der Waals surface area contributed by atoms with Crippen LogP contribution in [0.25, 0.3) is 11.0 Å². The summed E-state index contributed by atoms with van der Waals surface area (Å²) in [7, 11) is 1.69. The van der Waals surface area contributed by atoms with Gasteiger partial charge in [-0.1, -0.05) is 12.1 Å². The maximum absolute atomic E-state index is 12.8. The third-order valence-electron chi connectivity index (χ3n) is 4.47. The number of benzene rings is 1. The highest BCUT2D eigenvalue weighted by Gasteiger charge is 2.31. The topological polar surface area (TPSA) is 85.1 Å². The Morgan fingerprint density at radius 2 is 2.16 bits per heavy atom. The van der Waals surface area contributed by atoms with Gasteiger partial charge in [-0.3, -0.25) is 24.0 Å². The zero-order valence-corrected chi connectivity index (χ0v) is 14.0.